The van der Waals surface area contributed by atoms with Crippen LogP contribution in [0.1, 0.15) is 6.92 Å². The highest BCUT2D eigenvalue weighted by molar-refractivity contribution is 5.42. The number of pyridine rings is 1. The Morgan fingerprint density at radius 1 is 1.54 bits per heavy atom. The third kappa shape index (κ3) is 1.96. The largest absolute Gasteiger partial charge is 0.496 e. The summed E-state index contributed by atoms with van der Waals surface area (Å²) in [4.78, 5) is 4.21. The quantitative estimate of drug-likeness (QED) is 0.665. The van der Waals surface area contributed by atoms with Gasteiger partial charge in [0.2, 0.25) is 0 Å². The highest BCUT2D eigenvalue weighted by Crippen LogP contribution is 1.95. The number of allylic oxidation sites excluding steroid dienone is 1. The standard InChI is InChI=1S/C11H13NO/c1-4-6-9-10(5-2)12-8-7-11(9)13-3/h4-8H,1H2,2-3H3/b9-6+,10-5+. The maximum atomic E-state index is 5.20. The number of hydrogen-bond acceptors (Lipinski definition) is 2. The van der Waals surface area contributed by atoms with Crippen LogP contribution < -0.4 is 15.3 Å². The maximum Gasteiger partial charge on any atom is 0.129 e. The molecule has 13 heavy (non-hydrogen) atoms. The van der Waals surface area contributed by atoms with E-state index in [1.165, 1.54) is 0 Å². The predicted molar refractivity (Wildman–Crippen MR) is 54.8 cm³/mol. The van der Waals surface area contributed by atoms with Crippen LogP contribution in [0.2, 0.25) is 0 Å². The zero-order valence-electron chi connectivity index (χ0n) is 7.95. The van der Waals surface area contributed by atoms with E-state index < -0.39 is 0 Å². The molecule has 0 saturated heterocycles. The molecule has 1 rings (SSSR count). The predicted octanol–water partition coefficient (Wildman–Crippen LogP) is 0.857. The molecule has 0 fully saturated rings. The van der Waals surface area contributed by atoms with Crippen LogP contribution in [-0.2, 0) is 0 Å². The van der Waals surface area contributed by atoms with Gasteiger partial charge in [-0.2, -0.15) is 0 Å². The van der Waals surface area contributed by atoms with E-state index in [-0.39, 0.29) is 0 Å². The Hall–Kier alpha value is -1.57. The highest BCUT2D eigenvalue weighted by Gasteiger charge is 1.93. The lowest BCUT2D eigenvalue weighted by Gasteiger charge is -1.99. The van der Waals surface area contributed by atoms with Crippen molar-refractivity contribution in [3.05, 3.63) is 35.5 Å². The molecule has 0 aromatic carbocycles. The first kappa shape index (κ1) is 9.52. The molecule has 0 aliphatic carbocycles. The van der Waals surface area contributed by atoms with E-state index in [4.69, 9.17) is 4.74 Å². The second-order valence-corrected chi connectivity index (χ2v) is 2.50. The third-order valence-electron chi connectivity index (χ3n) is 1.76. The van der Waals surface area contributed by atoms with Crippen molar-refractivity contribution < 1.29 is 4.74 Å². The number of hydrogen-bond donors (Lipinski definition) is 0. The van der Waals surface area contributed by atoms with Gasteiger partial charge in [0, 0.05) is 11.4 Å². The molecule has 68 valence electrons. The van der Waals surface area contributed by atoms with E-state index in [1.54, 1.807) is 19.4 Å². The van der Waals surface area contributed by atoms with Crippen LogP contribution in [0.25, 0.3) is 12.2 Å². The van der Waals surface area contributed by atoms with Crippen molar-refractivity contribution in [3.63, 3.8) is 0 Å². The van der Waals surface area contributed by atoms with Crippen molar-refractivity contribution in [2.45, 2.75) is 6.92 Å². The van der Waals surface area contributed by atoms with Crippen molar-refractivity contribution in [1.29, 1.82) is 0 Å². The Morgan fingerprint density at radius 3 is 2.85 bits per heavy atom. The average Bonchev–Trinajstić information content (AvgIpc) is 2.18. The smallest absolute Gasteiger partial charge is 0.129 e. The van der Waals surface area contributed by atoms with Gasteiger partial charge < -0.3 is 4.74 Å². The molecule has 0 unspecified atom stereocenters. The van der Waals surface area contributed by atoms with Crippen LogP contribution in [0.5, 0.6) is 5.75 Å². The Bertz CT molecular complexity index is 407. The summed E-state index contributed by atoms with van der Waals surface area (Å²) in [6.45, 7) is 5.60. The molecule has 0 saturated carbocycles. The minimum atomic E-state index is 0.822. The summed E-state index contributed by atoms with van der Waals surface area (Å²) >= 11 is 0. The minimum absolute atomic E-state index is 0.822. The number of nitrogens with zero attached hydrogens (tertiary/aromatic N) is 1. The van der Waals surface area contributed by atoms with Crippen LogP contribution in [0.4, 0.5) is 0 Å². The molecule has 0 spiro atoms. The Morgan fingerprint density at radius 2 is 2.31 bits per heavy atom. The van der Waals surface area contributed by atoms with Gasteiger partial charge in [-0.15, -0.1) is 0 Å². The second kappa shape index (κ2) is 4.45. The molecule has 2 nitrogen and oxygen atoms in total. The van der Waals surface area contributed by atoms with E-state index in [9.17, 15) is 0 Å². The van der Waals surface area contributed by atoms with Crippen LogP contribution in [-0.4, -0.2) is 12.1 Å². The summed E-state index contributed by atoms with van der Waals surface area (Å²) < 4.78 is 5.20. The average molecular weight is 175 g/mol. The van der Waals surface area contributed by atoms with Crippen molar-refractivity contribution in [2.75, 3.05) is 7.11 Å². The van der Waals surface area contributed by atoms with Crippen LogP contribution in [0.3, 0.4) is 0 Å². The van der Waals surface area contributed by atoms with Gasteiger partial charge in [-0.05, 0) is 19.1 Å². The van der Waals surface area contributed by atoms with E-state index in [0.717, 1.165) is 16.3 Å². The minimum Gasteiger partial charge on any atom is -0.496 e. The molecular weight excluding hydrogens is 162 g/mol. The summed E-state index contributed by atoms with van der Waals surface area (Å²) in [5.74, 6) is 0.822. The van der Waals surface area contributed by atoms with Gasteiger partial charge in [-0.3, -0.25) is 4.98 Å². The molecule has 0 atom stereocenters. The lowest BCUT2D eigenvalue weighted by atomic mass is 10.3. The maximum absolute atomic E-state index is 5.20. The molecule has 0 aliphatic heterocycles. The number of aromatic nitrogens is 1. The highest BCUT2D eigenvalue weighted by atomic mass is 16.5. The van der Waals surface area contributed by atoms with Gasteiger partial charge in [0.1, 0.15) is 5.75 Å². The fraction of sp³-hybridized carbons (Fsp3) is 0.182. The van der Waals surface area contributed by atoms with Gasteiger partial charge in [0.25, 0.3) is 0 Å². The number of methoxy groups -OCH3 is 1. The molecule has 2 heteroatoms. The normalized spacial score (nSPS) is 13.1. The Kier molecular flexibility index (Phi) is 3.26. The van der Waals surface area contributed by atoms with E-state index in [1.807, 2.05) is 25.1 Å². The van der Waals surface area contributed by atoms with Crippen LogP contribution in [0, 0.1) is 0 Å². The molecule has 0 aliphatic rings. The molecule has 0 N–H and O–H groups in total. The van der Waals surface area contributed by atoms with Gasteiger partial charge in [0.05, 0.1) is 12.5 Å². The zero-order valence-corrected chi connectivity index (χ0v) is 7.95. The summed E-state index contributed by atoms with van der Waals surface area (Å²) in [5, 5.41) is 1.89. The van der Waals surface area contributed by atoms with Gasteiger partial charge in [-0.25, -0.2) is 0 Å². The van der Waals surface area contributed by atoms with Gasteiger partial charge in [0.15, 0.2) is 0 Å². The first-order valence-corrected chi connectivity index (χ1v) is 4.11. The summed E-state index contributed by atoms with van der Waals surface area (Å²) in [6.07, 6.45) is 7.29. The molecule has 1 aromatic rings. The monoisotopic (exact) mass is 175 g/mol. The first-order valence-electron chi connectivity index (χ1n) is 4.11. The number of ether oxygens (including phenoxy) is 1. The topological polar surface area (TPSA) is 22.1 Å². The first-order chi connectivity index (χ1) is 6.33. The van der Waals surface area contributed by atoms with Gasteiger partial charge in [-0.1, -0.05) is 18.7 Å². The summed E-state index contributed by atoms with van der Waals surface area (Å²) in [7, 11) is 1.65. The van der Waals surface area contributed by atoms with E-state index >= 15 is 0 Å². The fourth-order valence-corrected chi connectivity index (χ4v) is 1.16. The van der Waals surface area contributed by atoms with Gasteiger partial charge >= 0.3 is 0 Å². The second-order valence-electron chi connectivity index (χ2n) is 2.50. The molecule has 0 radical (unpaired) electrons. The Balaban J connectivity index is 3.58. The zero-order chi connectivity index (χ0) is 9.68. The molecule has 0 bridgehead atoms. The molecule has 0 amide bonds. The van der Waals surface area contributed by atoms with E-state index in [0.29, 0.717) is 0 Å². The fourth-order valence-electron chi connectivity index (χ4n) is 1.16. The van der Waals surface area contributed by atoms with Crippen LogP contribution in [0.15, 0.2) is 24.9 Å². The number of rotatable bonds is 2. The SMILES string of the molecule is C=C/C=c1/c(OC)ccn/c1=C/C. The van der Waals surface area contributed by atoms with Crippen molar-refractivity contribution in [1.82, 2.24) is 4.98 Å². The molecule has 1 aromatic heterocycles. The molecular formula is C11H13NO. The van der Waals surface area contributed by atoms with E-state index in [2.05, 4.69) is 11.6 Å². The lowest BCUT2D eigenvalue weighted by Crippen LogP contribution is -2.28. The lowest BCUT2D eigenvalue weighted by molar-refractivity contribution is 0.410. The summed E-state index contributed by atoms with van der Waals surface area (Å²) in [6, 6.07) is 1.84. The summed E-state index contributed by atoms with van der Waals surface area (Å²) in [5.41, 5.74) is 0. The third-order valence-corrected chi connectivity index (χ3v) is 1.76. The Labute approximate surface area is 77.9 Å². The molecule has 1 heterocycles. The van der Waals surface area contributed by atoms with Crippen LogP contribution >= 0.6 is 0 Å². The van der Waals surface area contributed by atoms with Crippen molar-refractivity contribution in [2.24, 2.45) is 0 Å². The van der Waals surface area contributed by atoms with Crippen molar-refractivity contribution in [3.8, 4) is 5.75 Å². The van der Waals surface area contributed by atoms with Crippen molar-refractivity contribution >= 4 is 12.2 Å².